The third-order valence-electron chi connectivity index (χ3n) is 4.21. The van der Waals surface area contributed by atoms with Crippen LogP contribution in [0.4, 0.5) is 5.69 Å². The fourth-order valence-electron chi connectivity index (χ4n) is 3.09. The molecule has 0 spiro atoms. The van der Waals surface area contributed by atoms with Gasteiger partial charge in [0.15, 0.2) is 0 Å². The topological polar surface area (TPSA) is 26.0 Å². The summed E-state index contributed by atoms with van der Waals surface area (Å²) >= 11 is 0. The second-order valence-electron chi connectivity index (χ2n) is 5.70. The smallest absolute Gasteiger partial charge is 0.0314 e. The first kappa shape index (κ1) is 13.6. The van der Waals surface area contributed by atoms with Crippen LogP contribution in [0.2, 0.25) is 0 Å². The molecule has 0 unspecified atom stereocenters. The summed E-state index contributed by atoms with van der Waals surface area (Å²) in [4.78, 5) is 0. The molecule has 4 aromatic carbocycles. The van der Waals surface area contributed by atoms with Gasteiger partial charge in [-0.25, -0.2) is 0 Å². The van der Waals surface area contributed by atoms with E-state index in [1.807, 2.05) is 12.1 Å². The lowest BCUT2D eigenvalue weighted by Crippen LogP contribution is -1.89. The van der Waals surface area contributed by atoms with Crippen molar-refractivity contribution in [1.29, 1.82) is 0 Å². The molecule has 0 aliphatic carbocycles. The monoisotopic (exact) mass is 295 g/mol. The van der Waals surface area contributed by atoms with Crippen molar-refractivity contribution < 1.29 is 0 Å². The van der Waals surface area contributed by atoms with Crippen molar-refractivity contribution >= 4 is 16.5 Å². The Bertz CT molecular complexity index is 954. The molecular weight excluding hydrogens is 278 g/mol. The van der Waals surface area contributed by atoms with E-state index in [4.69, 9.17) is 5.73 Å². The lowest BCUT2D eigenvalue weighted by Gasteiger charge is -2.14. The molecule has 0 heterocycles. The number of nitrogens with two attached hydrogens (primary N) is 1. The highest BCUT2D eigenvalue weighted by Crippen LogP contribution is 2.38. The van der Waals surface area contributed by atoms with E-state index in [2.05, 4.69) is 78.9 Å². The molecule has 0 bridgehead atoms. The molecule has 4 rings (SSSR count). The van der Waals surface area contributed by atoms with Crippen LogP contribution in [0, 0.1) is 0 Å². The summed E-state index contributed by atoms with van der Waals surface area (Å²) in [5.41, 5.74) is 11.6. The SMILES string of the molecule is Nc1ccc(-c2ccc3ccccc3c2-c2ccccc2)cc1. The third kappa shape index (κ3) is 2.47. The zero-order valence-electron chi connectivity index (χ0n) is 12.7. The van der Waals surface area contributed by atoms with Crippen molar-refractivity contribution in [2.24, 2.45) is 0 Å². The summed E-state index contributed by atoms with van der Waals surface area (Å²) in [7, 11) is 0. The second-order valence-corrected chi connectivity index (χ2v) is 5.70. The number of fused-ring (bicyclic) bond motifs is 1. The van der Waals surface area contributed by atoms with Gasteiger partial charge in [-0.2, -0.15) is 0 Å². The molecule has 23 heavy (non-hydrogen) atoms. The summed E-state index contributed by atoms with van der Waals surface area (Å²) in [6, 6.07) is 31.6. The van der Waals surface area contributed by atoms with Crippen LogP contribution in [-0.4, -0.2) is 0 Å². The minimum absolute atomic E-state index is 0.788. The number of hydrogen-bond donors (Lipinski definition) is 1. The summed E-state index contributed by atoms with van der Waals surface area (Å²) in [6.07, 6.45) is 0. The van der Waals surface area contributed by atoms with Crippen molar-refractivity contribution in [2.75, 3.05) is 5.73 Å². The van der Waals surface area contributed by atoms with Gasteiger partial charge in [-0.1, -0.05) is 78.9 Å². The van der Waals surface area contributed by atoms with Gasteiger partial charge in [-0.3, -0.25) is 0 Å². The summed E-state index contributed by atoms with van der Waals surface area (Å²) in [6.45, 7) is 0. The molecule has 4 aromatic rings. The van der Waals surface area contributed by atoms with Gasteiger partial charge < -0.3 is 5.73 Å². The van der Waals surface area contributed by atoms with E-state index in [9.17, 15) is 0 Å². The third-order valence-corrected chi connectivity index (χ3v) is 4.21. The van der Waals surface area contributed by atoms with Gasteiger partial charge in [0.2, 0.25) is 0 Å². The fourth-order valence-corrected chi connectivity index (χ4v) is 3.09. The van der Waals surface area contributed by atoms with Crippen LogP contribution in [0.1, 0.15) is 0 Å². The minimum Gasteiger partial charge on any atom is -0.399 e. The molecule has 0 amide bonds. The van der Waals surface area contributed by atoms with E-state index in [1.54, 1.807) is 0 Å². The average Bonchev–Trinajstić information content (AvgIpc) is 2.62. The number of hydrogen-bond acceptors (Lipinski definition) is 1. The van der Waals surface area contributed by atoms with E-state index in [-0.39, 0.29) is 0 Å². The van der Waals surface area contributed by atoms with Crippen molar-refractivity contribution in [3.8, 4) is 22.3 Å². The Morgan fingerprint density at radius 2 is 1.22 bits per heavy atom. The second kappa shape index (κ2) is 5.62. The fraction of sp³-hybridized carbons (Fsp3) is 0. The van der Waals surface area contributed by atoms with Gasteiger partial charge in [0.05, 0.1) is 0 Å². The number of nitrogen functional groups attached to an aromatic ring is 1. The molecule has 1 nitrogen and oxygen atoms in total. The van der Waals surface area contributed by atoms with Crippen molar-refractivity contribution in [1.82, 2.24) is 0 Å². The van der Waals surface area contributed by atoms with E-state index in [0.29, 0.717) is 0 Å². The first-order valence-electron chi connectivity index (χ1n) is 7.76. The van der Waals surface area contributed by atoms with Gasteiger partial charge in [0.25, 0.3) is 0 Å². The molecule has 0 aromatic heterocycles. The van der Waals surface area contributed by atoms with Crippen LogP contribution in [0.25, 0.3) is 33.0 Å². The molecular formula is C22H17N. The maximum absolute atomic E-state index is 5.84. The zero-order chi connectivity index (χ0) is 15.6. The molecule has 0 radical (unpaired) electrons. The summed E-state index contributed by atoms with van der Waals surface area (Å²) in [5.74, 6) is 0. The first-order chi connectivity index (χ1) is 11.3. The van der Waals surface area contributed by atoms with Gasteiger partial charge in [-0.15, -0.1) is 0 Å². The molecule has 1 heteroatoms. The number of rotatable bonds is 2. The lowest BCUT2D eigenvalue weighted by atomic mass is 9.90. The molecule has 0 aliphatic heterocycles. The minimum atomic E-state index is 0.788. The van der Waals surface area contributed by atoms with Crippen molar-refractivity contribution in [2.45, 2.75) is 0 Å². The predicted octanol–water partition coefficient (Wildman–Crippen LogP) is 5.76. The van der Waals surface area contributed by atoms with E-state index < -0.39 is 0 Å². The molecule has 0 saturated heterocycles. The average molecular weight is 295 g/mol. The van der Waals surface area contributed by atoms with Crippen molar-refractivity contribution in [3.05, 3.63) is 91.0 Å². The zero-order valence-corrected chi connectivity index (χ0v) is 12.7. The highest BCUT2D eigenvalue weighted by Gasteiger charge is 2.11. The molecule has 0 atom stereocenters. The number of benzene rings is 4. The Labute approximate surface area is 136 Å². The largest absolute Gasteiger partial charge is 0.399 e. The molecule has 0 fully saturated rings. The Balaban J connectivity index is 2.06. The Morgan fingerprint density at radius 3 is 2.00 bits per heavy atom. The summed E-state index contributed by atoms with van der Waals surface area (Å²) in [5, 5.41) is 2.53. The molecule has 0 aliphatic rings. The van der Waals surface area contributed by atoms with E-state index in [1.165, 1.54) is 33.0 Å². The van der Waals surface area contributed by atoms with Crippen LogP contribution < -0.4 is 5.73 Å². The standard InChI is InChI=1S/C22H17N/c23-19-13-10-17(11-14-19)21-15-12-16-6-4-5-9-20(16)22(21)18-7-2-1-3-8-18/h1-15H,23H2. The maximum Gasteiger partial charge on any atom is 0.0314 e. The highest BCUT2D eigenvalue weighted by molar-refractivity contribution is 6.04. The van der Waals surface area contributed by atoms with Gasteiger partial charge in [0.1, 0.15) is 0 Å². The molecule has 2 N–H and O–H groups in total. The number of anilines is 1. The van der Waals surface area contributed by atoms with Crippen LogP contribution in [0.15, 0.2) is 91.0 Å². The predicted molar refractivity (Wildman–Crippen MR) is 99.2 cm³/mol. The van der Waals surface area contributed by atoms with Crippen LogP contribution in [0.3, 0.4) is 0 Å². The van der Waals surface area contributed by atoms with Gasteiger partial charge >= 0.3 is 0 Å². The Morgan fingerprint density at radius 1 is 0.522 bits per heavy atom. The molecule has 0 saturated carbocycles. The van der Waals surface area contributed by atoms with E-state index >= 15 is 0 Å². The quantitative estimate of drug-likeness (QED) is 0.468. The summed E-state index contributed by atoms with van der Waals surface area (Å²) < 4.78 is 0. The Kier molecular flexibility index (Phi) is 3.32. The maximum atomic E-state index is 5.84. The lowest BCUT2D eigenvalue weighted by molar-refractivity contribution is 1.60. The normalized spacial score (nSPS) is 10.8. The van der Waals surface area contributed by atoms with Crippen LogP contribution >= 0.6 is 0 Å². The van der Waals surface area contributed by atoms with Gasteiger partial charge in [-0.05, 0) is 45.2 Å². The first-order valence-corrected chi connectivity index (χ1v) is 7.76. The van der Waals surface area contributed by atoms with E-state index in [0.717, 1.165) is 5.69 Å². The molecule has 110 valence electrons. The Hall–Kier alpha value is -3.06. The van der Waals surface area contributed by atoms with Crippen LogP contribution in [-0.2, 0) is 0 Å². The van der Waals surface area contributed by atoms with Gasteiger partial charge in [0, 0.05) is 5.69 Å². The van der Waals surface area contributed by atoms with Crippen molar-refractivity contribution in [3.63, 3.8) is 0 Å². The van der Waals surface area contributed by atoms with Crippen LogP contribution in [0.5, 0.6) is 0 Å². The highest BCUT2D eigenvalue weighted by atomic mass is 14.5.